The molecule has 3 rings (SSSR count). The molecule has 0 spiro atoms. The van der Waals surface area contributed by atoms with Crippen molar-refractivity contribution in [3.05, 3.63) is 70.8 Å². The Hall–Kier alpha value is -3.32. The van der Waals surface area contributed by atoms with Crippen molar-refractivity contribution in [1.29, 1.82) is 0 Å². The molecule has 7 nitrogen and oxygen atoms in total. The van der Waals surface area contributed by atoms with E-state index >= 15 is 0 Å². The summed E-state index contributed by atoms with van der Waals surface area (Å²) in [4.78, 5) is 28.6. The lowest BCUT2D eigenvalue weighted by atomic mass is 10.1. The third-order valence-electron chi connectivity index (χ3n) is 3.41. The monoisotopic (exact) mass is 387 g/mol. The molecule has 27 heavy (non-hydrogen) atoms. The number of hydrogen-bond acceptors (Lipinski definition) is 7. The first kappa shape index (κ1) is 18.5. The fourth-order valence-corrected chi connectivity index (χ4v) is 2.31. The van der Waals surface area contributed by atoms with Crippen molar-refractivity contribution in [3.8, 4) is 11.3 Å². The zero-order chi connectivity index (χ0) is 19.2. The van der Waals surface area contributed by atoms with Gasteiger partial charge in [-0.3, -0.25) is 0 Å². The average Bonchev–Trinajstić information content (AvgIpc) is 3.33. The summed E-state index contributed by atoms with van der Waals surface area (Å²) in [5.41, 5.74) is 0.858. The van der Waals surface area contributed by atoms with Crippen LogP contribution in [-0.2, 0) is 9.57 Å². The lowest BCUT2D eigenvalue weighted by Gasteiger charge is -1.98. The Balaban J connectivity index is 1.85. The minimum atomic E-state index is -0.779. The molecule has 0 unspecified atom stereocenters. The Morgan fingerprint density at radius 3 is 2.63 bits per heavy atom. The Labute approximate surface area is 159 Å². The summed E-state index contributed by atoms with van der Waals surface area (Å²) in [6.07, 6.45) is 2.45. The van der Waals surface area contributed by atoms with Crippen molar-refractivity contribution in [2.24, 2.45) is 5.16 Å². The molecule has 8 heteroatoms. The highest BCUT2D eigenvalue weighted by atomic mass is 35.5. The van der Waals surface area contributed by atoms with Crippen molar-refractivity contribution >= 4 is 29.8 Å². The average molecular weight is 388 g/mol. The lowest BCUT2D eigenvalue weighted by Crippen LogP contribution is -2.06. The molecule has 0 saturated carbocycles. The van der Waals surface area contributed by atoms with E-state index in [2.05, 4.69) is 5.16 Å². The van der Waals surface area contributed by atoms with Gasteiger partial charge in [0, 0.05) is 10.6 Å². The summed E-state index contributed by atoms with van der Waals surface area (Å²) < 4.78 is 15.6. The molecule has 0 amide bonds. The molecule has 0 aliphatic rings. The van der Waals surface area contributed by atoms with Crippen molar-refractivity contribution < 1.29 is 28.0 Å². The van der Waals surface area contributed by atoms with Crippen LogP contribution in [-0.4, -0.2) is 24.8 Å². The van der Waals surface area contributed by atoms with E-state index in [4.69, 9.17) is 30.0 Å². The standard InChI is InChI=1S/C19H14ClNO6/c1-2-24-18(22)14-10-16(12-5-7-13(20)8-6-12)26-17(14)11-21-27-19(23)15-4-3-9-25-15/h3-11H,2H2,1H3. The molecule has 0 N–H and O–H groups in total. The normalized spacial score (nSPS) is 10.9. The fraction of sp³-hybridized carbons (Fsp3) is 0.105. The highest BCUT2D eigenvalue weighted by Gasteiger charge is 2.19. The van der Waals surface area contributed by atoms with E-state index in [-0.39, 0.29) is 23.7 Å². The topological polar surface area (TPSA) is 91.2 Å². The van der Waals surface area contributed by atoms with Gasteiger partial charge in [-0.2, -0.15) is 0 Å². The first-order chi connectivity index (χ1) is 13.1. The summed E-state index contributed by atoms with van der Waals surface area (Å²) in [5.74, 6) is -0.864. The molecular formula is C19H14ClNO6. The highest BCUT2D eigenvalue weighted by Crippen LogP contribution is 2.27. The Morgan fingerprint density at radius 2 is 1.96 bits per heavy atom. The van der Waals surface area contributed by atoms with Gasteiger partial charge in [-0.15, -0.1) is 0 Å². The van der Waals surface area contributed by atoms with Gasteiger partial charge in [0.1, 0.15) is 17.5 Å². The first-order valence-electron chi connectivity index (χ1n) is 7.93. The van der Waals surface area contributed by atoms with Crippen LogP contribution in [0.2, 0.25) is 5.02 Å². The van der Waals surface area contributed by atoms with Crippen LogP contribution in [0.5, 0.6) is 0 Å². The maximum absolute atomic E-state index is 12.2. The van der Waals surface area contributed by atoms with Crippen LogP contribution in [0.15, 0.2) is 62.7 Å². The molecule has 0 fully saturated rings. The Bertz CT molecular complexity index is 957. The summed E-state index contributed by atoms with van der Waals surface area (Å²) in [7, 11) is 0. The summed E-state index contributed by atoms with van der Waals surface area (Å²) in [6, 6.07) is 11.4. The largest absolute Gasteiger partial charge is 0.462 e. The zero-order valence-electron chi connectivity index (χ0n) is 14.2. The van der Waals surface area contributed by atoms with Gasteiger partial charge < -0.3 is 18.4 Å². The molecule has 0 aliphatic carbocycles. The van der Waals surface area contributed by atoms with Crippen LogP contribution >= 0.6 is 11.6 Å². The van der Waals surface area contributed by atoms with Gasteiger partial charge in [-0.05, 0) is 49.4 Å². The van der Waals surface area contributed by atoms with Gasteiger partial charge >= 0.3 is 11.9 Å². The summed E-state index contributed by atoms with van der Waals surface area (Å²) in [5, 5.41) is 4.14. The quantitative estimate of drug-likeness (QED) is 0.266. The number of rotatable bonds is 6. The highest BCUT2D eigenvalue weighted by molar-refractivity contribution is 6.30. The zero-order valence-corrected chi connectivity index (χ0v) is 14.9. The van der Waals surface area contributed by atoms with E-state index in [0.29, 0.717) is 16.3 Å². The SMILES string of the molecule is CCOC(=O)c1cc(-c2ccc(Cl)cc2)oc1C=NOC(=O)c1ccco1. The number of nitrogens with zero attached hydrogens (tertiary/aromatic N) is 1. The molecule has 138 valence electrons. The summed E-state index contributed by atoms with van der Waals surface area (Å²) in [6.45, 7) is 1.89. The van der Waals surface area contributed by atoms with Gasteiger partial charge in [0.25, 0.3) is 0 Å². The maximum Gasteiger partial charge on any atom is 0.400 e. The van der Waals surface area contributed by atoms with Gasteiger partial charge in [-0.1, -0.05) is 16.8 Å². The van der Waals surface area contributed by atoms with Crippen LogP contribution in [0, 0.1) is 0 Å². The molecule has 0 aliphatic heterocycles. The van der Waals surface area contributed by atoms with Crippen molar-refractivity contribution in [3.63, 3.8) is 0 Å². The van der Waals surface area contributed by atoms with Crippen LogP contribution in [0.3, 0.4) is 0 Å². The van der Waals surface area contributed by atoms with E-state index in [1.807, 2.05) is 0 Å². The molecule has 0 radical (unpaired) electrons. The number of benzene rings is 1. The molecule has 2 aromatic heterocycles. The van der Waals surface area contributed by atoms with Crippen LogP contribution in [0.25, 0.3) is 11.3 Å². The number of carbonyl (C=O) groups excluding carboxylic acids is 2. The van der Waals surface area contributed by atoms with Gasteiger partial charge in [-0.25, -0.2) is 9.59 Å². The molecule has 0 saturated heterocycles. The van der Waals surface area contributed by atoms with Crippen molar-refractivity contribution in [2.75, 3.05) is 6.61 Å². The van der Waals surface area contributed by atoms with E-state index in [1.165, 1.54) is 18.4 Å². The number of carbonyl (C=O) groups is 2. The minimum Gasteiger partial charge on any atom is -0.462 e. The number of oxime groups is 1. The number of furan rings is 2. The van der Waals surface area contributed by atoms with Gasteiger partial charge in [0.2, 0.25) is 5.76 Å². The third-order valence-corrected chi connectivity index (χ3v) is 3.66. The Kier molecular flexibility index (Phi) is 5.73. The van der Waals surface area contributed by atoms with Gasteiger partial charge in [0.15, 0.2) is 5.76 Å². The fourth-order valence-electron chi connectivity index (χ4n) is 2.19. The first-order valence-corrected chi connectivity index (χ1v) is 8.31. The second-order valence-corrected chi connectivity index (χ2v) is 5.64. The van der Waals surface area contributed by atoms with Crippen molar-refractivity contribution in [2.45, 2.75) is 6.92 Å². The predicted molar refractivity (Wildman–Crippen MR) is 96.8 cm³/mol. The number of ether oxygens (including phenoxy) is 1. The van der Waals surface area contributed by atoms with Crippen LogP contribution in [0.4, 0.5) is 0 Å². The predicted octanol–water partition coefficient (Wildman–Crippen LogP) is 4.56. The molecule has 0 bridgehead atoms. The third kappa shape index (κ3) is 4.45. The maximum atomic E-state index is 12.2. The number of hydrogen-bond donors (Lipinski definition) is 0. The molecule has 1 aromatic carbocycles. The van der Waals surface area contributed by atoms with Crippen molar-refractivity contribution in [1.82, 2.24) is 0 Å². The van der Waals surface area contributed by atoms with Crippen LogP contribution in [0.1, 0.15) is 33.6 Å². The molecule has 0 atom stereocenters. The smallest absolute Gasteiger partial charge is 0.400 e. The number of halogens is 1. The van der Waals surface area contributed by atoms with E-state index in [9.17, 15) is 9.59 Å². The molecule has 2 heterocycles. The molecular weight excluding hydrogens is 374 g/mol. The number of esters is 1. The summed E-state index contributed by atoms with van der Waals surface area (Å²) >= 11 is 5.89. The second-order valence-electron chi connectivity index (χ2n) is 5.21. The van der Waals surface area contributed by atoms with E-state index < -0.39 is 11.9 Å². The minimum absolute atomic E-state index is 0.000866. The van der Waals surface area contributed by atoms with Crippen LogP contribution < -0.4 is 0 Å². The lowest BCUT2D eigenvalue weighted by molar-refractivity contribution is 0.0482. The second kappa shape index (κ2) is 8.37. The van der Waals surface area contributed by atoms with Gasteiger partial charge in [0.05, 0.1) is 12.9 Å². The van der Waals surface area contributed by atoms with E-state index in [1.54, 1.807) is 37.3 Å². The van der Waals surface area contributed by atoms with E-state index in [0.717, 1.165) is 6.21 Å². The molecule has 3 aromatic rings. The Morgan fingerprint density at radius 1 is 1.19 bits per heavy atom.